The summed E-state index contributed by atoms with van der Waals surface area (Å²) in [5, 5.41) is 1.09. The highest BCUT2D eigenvalue weighted by atomic mass is 79.9. The molecule has 0 aliphatic rings. The van der Waals surface area contributed by atoms with E-state index in [-0.39, 0.29) is 0 Å². The largest absolute Gasteiger partial charge is 0.309 e. The molecule has 0 radical (unpaired) electrons. The van der Waals surface area contributed by atoms with Crippen molar-refractivity contribution in [3.05, 3.63) is 0 Å². The maximum Gasteiger partial charge on any atom is 0.0159 e. The molecule has 0 aliphatic heterocycles. The van der Waals surface area contributed by atoms with E-state index in [1.807, 2.05) is 0 Å². The Morgan fingerprint density at radius 3 is 2.17 bits per heavy atom. The lowest BCUT2D eigenvalue weighted by Gasteiger charge is -2.19. The second-order valence-electron chi connectivity index (χ2n) is 3.28. The molecule has 74 valence electrons. The van der Waals surface area contributed by atoms with Gasteiger partial charge in [-0.25, -0.2) is 0 Å². The minimum absolute atomic E-state index is 1.09. The van der Waals surface area contributed by atoms with Crippen LogP contribution >= 0.6 is 15.9 Å². The van der Waals surface area contributed by atoms with Crippen molar-refractivity contribution in [1.29, 1.82) is 0 Å². The van der Waals surface area contributed by atoms with Gasteiger partial charge in [0.15, 0.2) is 0 Å². The summed E-state index contributed by atoms with van der Waals surface area (Å²) < 4.78 is 0. The molecule has 0 aromatic heterocycles. The zero-order valence-electron chi connectivity index (χ0n) is 8.52. The fourth-order valence-corrected chi connectivity index (χ4v) is 1.66. The molecular formula is C9H21BrN2. The molecular weight excluding hydrogens is 216 g/mol. The van der Waals surface area contributed by atoms with Crippen LogP contribution in [0.25, 0.3) is 0 Å². The molecule has 0 amide bonds. The van der Waals surface area contributed by atoms with Gasteiger partial charge in [-0.1, -0.05) is 22.9 Å². The van der Waals surface area contributed by atoms with Crippen LogP contribution in [0.3, 0.4) is 0 Å². The Labute approximate surface area is 85.0 Å². The predicted molar refractivity (Wildman–Crippen MR) is 59.1 cm³/mol. The minimum atomic E-state index is 1.09. The standard InChI is InChI=1S/C9H21BrN2/c1-4-12(9-6-10)8-5-7-11(2)3/h4-9H2,1-3H3. The highest BCUT2D eigenvalue weighted by Crippen LogP contribution is 1.94. The molecule has 0 spiro atoms. The smallest absolute Gasteiger partial charge is 0.0159 e. The van der Waals surface area contributed by atoms with Crippen LogP contribution in [0, 0.1) is 0 Å². The van der Waals surface area contributed by atoms with Gasteiger partial charge in [0.1, 0.15) is 0 Å². The van der Waals surface area contributed by atoms with E-state index >= 15 is 0 Å². The number of rotatable bonds is 7. The zero-order chi connectivity index (χ0) is 9.40. The van der Waals surface area contributed by atoms with E-state index in [9.17, 15) is 0 Å². The number of halogens is 1. The third kappa shape index (κ3) is 7.07. The van der Waals surface area contributed by atoms with Crippen molar-refractivity contribution in [1.82, 2.24) is 9.80 Å². The monoisotopic (exact) mass is 236 g/mol. The summed E-state index contributed by atoms with van der Waals surface area (Å²) in [4.78, 5) is 4.71. The van der Waals surface area contributed by atoms with Crippen LogP contribution in [0.4, 0.5) is 0 Å². The van der Waals surface area contributed by atoms with E-state index in [2.05, 4.69) is 46.7 Å². The topological polar surface area (TPSA) is 6.48 Å². The third-order valence-corrected chi connectivity index (χ3v) is 2.28. The predicted octanol–water partition coefficient (Wildman–Crippen LogP) is 1.65. The van der Waals surface area contributed by atoms with Gasteiger partial charge in [-0.05, 0) is 40.2 Å². The van der Waals surface area contributed by atoms with Gasteiger partial charge in [-0.2, -0.15) is 0 Å². The van der Waals surface area contributed by atoms with E-state index < -0.39 is 0 Å². The lowest BCUT2D eigenvalue weighted by atomic mass is 10.3. The van der Waals surface area contributed by atoms with E-state index in [1.165, 1.54) is 32.6 Å². The zero-order valence-corrected chi connectivity index (χ0v) is 10.1. The molecule has 0 bridgehead atoms. The van der Waals surface area contributed by atoms with Gasteiger partial charge in [0.2, 0.25) is 0 Å². The molecule has 3 heteroatoms. The average Bonchev–Trinajstić information content (AvgIpc) is 2.02. The number of hydrogen-bond donors (Lipinski definition) is 0. The third-order valence-electron chi connectivity index (χ3n) is 1.93. The molecule has 0 aromatic carbocycles. The minimum Gasteiger partial charge on any atom is -0.309 e. The van der Waals surface area contributed by atoms with Gasteiger partial charge in [0, 0.05) is 11.9 Å². The second-order valence-corrected chi connectivity index (χ2v) is 4.07. The first kappa shape index (κ1) is 12.4. The number of hydrogen-bond acceptors (Lipinski definition) is 2. The highest BCUT2D eigenvalue weighted by molar-refractivity contribution is 9.09. The van der Waals surface area contributed by atoms with Crippen LogP contribution in [-0.2, 0) is 0 Å². The Balaban J connectivity index is 3.31. The SMILES string of the molecule is CCN(CCBr)CCCN(C)C. The van der Waals surface area contributed by atoms with Crippen LogP contribution < -0.4 is 0 Å². The van der Waals surface area contributed by atoms with Gasteiger partial charge < -0.3 is 9.80 Å². The van der Waals surface area contributed by atoms with E-state index in [0.717, 1.165) is 5.33 Å². The lowest BCUT2D eigenvalue weighted by Crippen LogP contribution is -2.28. The summed E-state index contributed by atoms with van der Waals surface area (Å²) in [5.74, 6) is 0. The van der Waals surface area contributed by atoms with Crippen LogP contribution in [-0.4, -0.2) is 55.4 Å². The van der Waals surface area contributed by atoms with Gasteiger partial charge >= 0.3 is 0 Å². The van der Waals surface area contributed by atoms with Crippen LogP contribution in [0.2, 0.25) is 0 Å². The van der Waals surface area contributed by atoms with Crippen molar-refractivity contribution in [2.75, 3.05) is 45.6 Å². The normalized spacial score (nSPS) is 11.5. The van der Waals surface area contributed by atoms with Crippen molar-refractivity contribution in [2.24, 2.45) is 0 Å². The van der Waals surface area contributed by atoms with E-state index in [0.29, 0.717) is 0 Å². The molecule has 0 saturated heterocycles. The first-order valence-corrected chi connectivity index (χ1v) is 5.76. The van der Waals surface area contributed by atoms with E-state index in [1.54, 1.807) is 0 Å². The Morgan fingerprint density at radius 2 is 1.75 bits per heavy atom. The Kier molecular flexibility index (Phi) is 8.29. The second kappa shape index (κ2) is 8.02. The number of alkyl halides is 1. The van der Waals surface area contributed by atoms with Crippen molar-refractivity contribution in [3.8, 4) is 0 Å². The summed E-state index contributed by atoms with van der Waals surface area (Å²) in [6.07, 6.45) is 1.27. The number of nitrogens with zero attached hydrogens (tertiary/aromatic N) is 2. The first-order valence-electron chi connectivity index (χ1n) is 4.63. The quantitative estimate of drug-likeness (QED) is 0.621. The average molecular weight is 237 g/mol. The molecule has 0 heterocycles. The molecule has 12 heavy (non-hydrogen) atoms. The van der Waals surface area contributed by atoms with Gasteiger partial charge in [0.25, 0.3) is 0 Å². The van der Waals surface area contributed by atoms with E-state index in [4.69, 9.17) is 0 Å². The molecule has 0 atom stereocenters. The molecule has 0 aliphatic carbocycles. The molecule has 0 aromatic rings. The fraction of sp³-hybridized carbons (Fsp3) is 1.00. The van der Waals surface area contributed by atoms with Gasteiger partial charge in [0.05, 0.1) is 0 Å². The lowest BCUT2D eigenvalue weighted by molar-refractivity contribution is 0.280. The van der Waals surface area contributed by atoms with Crippen molar-refractivity contribution in [3.63, 3.8) is 0 Å². The van der Waals surface area contributed by atoms with Gasteiger partial charge in [-0.3, -0.25) is 0 Å². The molecule has 0 saturated carbocycles. The fourth-order valence-electron chi connectivity index (χ4n) is 1.16. The molecule has 0 rings (SSSR count). The van der Waals surface area contributed by atoms with Crippen molar-refractivity contribution >= 4 is 15.9 Å². The maximum absolute atomic E-state index is 3.46. The summed E-state index contributed by atoms with van der Waals surface area (Å²) in [7, 11) is 4.25. The summed E-state index contributed by atoms with van der Waals surface area (Å²) in [6, 6.07) is 0. The molecule has 0 unspecified atom stereocenters. The first-order chi connectivity index (χ1) is 5.70. The summed E-state index contributed by atoms with van der Waals surface area (Å²) >= 11 is 3.46. The Bertz CT molecular complexity index is 96.5. The van der Waals surface area contributed by atoms with Crippen LogP contribution in [0.5, 0.6) is 0 Å². The Hall–Kier alpha value is 0.400. The molecule has 0 fully saturated rings. The summed E-state index contributed by atoms with van der Waals surface area (Å²) in [5.41, 5.74) is 0. The summed E-state index contributed by atoms with van der Waals surface area (Å²) in [6.45, 7) is 6.97. The van der Waals surface area contributed by atoms with Crippen LogP contribution in [0.1, 0.15) is 13.3 Å². The van der Waals surface area contributed by atoms with Gasteiger partial charge in [-0.15, -0.1) is 0 Å². The Morgan fingerprint density at radius 1 is 1.08 bits per heavy atom. The molecule has 2 nitrogen and oxygen atoms in total. The van der Waals surface area contributed by atoms with Crippen molar-refractivity contribution < 1.29 is 0 Å². The van der Waals surface area contributed by atoms with Crippen LogP contribution in [0.15, 0.2) is 0 Å². The highest BCUT2D eigenvalue weighted by Gasteiger charge is 2.00. The maximum atomic E-state index is 3.46. The molecule has 0 N–H and O–H groups in total. The van der Waals surface area contributed by atoms with Crippen molar-refractivity contribution in [2.45, 2.75) is 13.3 Å².